The summed E-state index contributed by atoms with van der Waals surface area (Å²) in [5.41, 5.74) is 1.01. The van der Waals surface area contributed by atoms with Gasteiger partial charge in [-0.1, -0.05) is 0 Å². The molecule has 1 amide bonds. The smallest absolute Gasteiger partial charge is 0.225 e. The number of unbranched alkanes of at least 4 members (excludes halogenated alkanes) is 1. The normalized spacial score (nSPS) is 11.1. The number of hydrogen-bond acceptors (Lipinski definition) is 5. The molecule has 1 rings (SSSR count). The second-order valence-corrected chi connectivity index (χ2v) is 5.91. The van der Waals surface area contributed by atoms with Crippen LogP contribution in [0.5, 0.6) is 0 Å². The number of amides is 1. The summed E-state index contributed by atoms with van der Waals surface area (Å²) in [6, 6.07) is 0. The summed E-state index contributed by atoms with van der Waals surface area (Å²) in [6.07, 6.45) is 2.37. The third-order valence-electron chi connectivity index (χ3n) is 2.98. The fourth-order valence-electron chi connectivity index (χ4n) is 1.89. The summed E-state index contributed by atoms with van der Waals surface area (Å²) >= 11 is 1.53. The van der Waals surface area contributed by atoms with E-state index in [0.29, 0.717) is 6.54 Å². The van der Waals surface area contributed by atoms with E-state index in [1.165, 1.54) is 24.2 Å². The topological polar surface area (TPSA) is 48.5 Å². The molecule has 0 atom stereocenters. The second-order valence-electron chi connectivity index (χ2n) is 5.07. The van der Waals surface area contributed by atoms with Gasteiger partial charge in [0.15, 0.2) is 5.13 Å². The molecule has 1 aromatic heterocycles. The van der Waals surface area contributed by atoms with Crippen molar-refractivity contribution >= 4 is 22.4 Å². The number of anilines is 1. The third kappa shape index (κ3) is 5.98. The molecule has 0 fully saturated rings. The van der Waals surface area contributed by atoms with Crippen LogP contribution in [-0.2, 0) is 11.3 Å². The van der Waals surface area contributed by atoms with E-state index in [1.54, 1.807) is 11.8 Å². The summed E-state index contributed by atoms with van der Waals surface area (Å²) in [5.74, 6) is 0.0463. The van der Waals surface area contributed by atoms with E-state index in [9.17, 15) is 4.79 Å². The van der Waals surface area contributed by atoms with Crippen molar-refractivity contribution in [2.24, 2.45) is 0 Å². The van der Waals surface area contributed by atoms with Gasteiger partial charge in [0, 0.05) is 25.4 Å². The van der Waals surface area contributed by atoms with Crippen LogP contribution in [0.4, 0.5) is 5.13 Å². The molecule has 0 aliphatic carbocycles. The first-order valence-corrected chi connectivity index (χ1v) is 8.00. The minimum Gasteiger partial charge on any atom is -0.311 e. The molecular weight excluding hydrogens is 272 g/mol. The van der Waals surface area contributed by atoms with Crippen LogP contribution < -0.4 is 10.2 Å². The molecule has 0 bridgehead atoms. The Hall–Kier alpha value is -0.980. The Bertz CT molecular complexity index is 406. The molecule has 1 heterocycles. The van der Waals surface area contributed by atoms with Crippen LogP contribution in [0.3, 0.4) is 0 Å². The van der Waals surface area contributed by atoms with Gasteiger partial charge in [0.25, 0.3) is 0 Å². The van der Waals surface area contributed by atoms with E-state index >= 15 is 0 Å². The lowest BCUT2D eigenvalue weighted by atomic mass is 10.3. The monoisotopic (exact) mass is 298 g/mol. The second kappa shape index (κ2) is 9.05. The predicted molar refractivity (Wildman–Crippen MR) is 85.3 cm³/mol. The molecule has 0 aliphatic heterocycles. The van der Waals surface area contributed by atoms with Gasteiger partial charge in [-0.25, -0.2) is 4.98 Å². The third-order valence-corrected chi connectivity index (χ3v) is 3.89. The first kappa shape index (κ1) is 17.1. The fraction of sp³-hybridized carbons (Fsp3) is 0.714. The number of carbonyl (C=O) groups is 1. The van der Waals surface area contributed by atoms with Crippen LogP contribution in [0.15, 0.2) is 5.38 Å². The van der Waals surface area contributed by atoms with E-state index in [2.05, 4.69) is 29.3 Å². The zero-order chi connectivity index (χ0) is 15.0. The van der Waals surface area contributed by atoms with Crippen LogP contribution in [-0.4, -0.2) is 49.5 Å². The molecule has 5 nitrogen and oxygen atoms in total. The average Bonchev–Trinajstić information content (AvgIpc) is 2.82. The predicted octanol–water partition coefficient (Wildman–Crippen LogP) is 1.95. The van der Waals surface area contributed by atoms with Gasteiger partial charge in [-0.2, -0.15) is 0 Å². The lowest BCUT2D eigenvalue weighted by molar-refractivity contribution is -0.116. The quantitative estimate of drug-likeness (QED) is 0.708. The summed E-state index contributed by atoms with van der Waals surface area (Å²) in [7, 11) is 4.19. The maximum atomic E-state index is 11.4. The van der Waals surface area contributed by atoms with Gasteiger partial charge in [-0.3, -0.25) is 9.69 Å². The van der Waals surface area contributed by atoms with E-state index < -0.39 is 0 Å². The standard InChI is InChI=1S/C14H26N4OS/c1-5-18(12(2)19)14-16-13(11-20-14)10-15-8-6-7-9-17(3)4/h11,15H,5-10H2,1-4H3. The number of thiazole rings is 1. The highest BCUT2D eigenvalue weighted by molar-refractivity contribution is 7.14. The minimum absolute atomic E-state index is 0.0463. The highest BCUT2D eigenvalue weighted by Gasteiger charge is 2.12. The van der Waals surface area contributed by atoms with Crippen molar-refractivity contribution in [2.45, 2.75) is 33.2 Å². The van der Waals surface area contributed by atoms with Crippen molar-refractivity contribution in [3.63, 3.8) is 0 Å². The Kier molecular flexibility index (Phi) is 7.72. The summed E-state index contributed by atoms with van der Waals surface area (Å²) in [5, 5.41) is 6.21. The lowest BCUT2D eigenvalue weighted by Crippen LogP contribution is -2.27. The van der Waals surface area contributed by atoms with Crippen LogP contribution in [0.2, 0.25) is 0 Å². The highest BCUT2D eigenvalue weighted by Crippen LogP contribution is 2.20. The lowest BCUT2D eigenvalue weighted by Gasteiger charge is -2.14. The van der Waals surface area contributed by atoms with E-state index in [0.717, 1.165) is 30.5 Å². The van der Waals surface area contributed by atoms with E-state index in [1.807, 2.05) is 12.3 Å². The van der Waals surface area contributed by atoms with Crippen LogP contribution in [0, 0.1) is 0 Å². The number of nitrogens with zero attached hydrogens (tertiary/aromatic N) is 3. The average molecular weight is 298 g/mol. The van der Waals surface area contributed by atoms with Crippen LogP contribution in [0.1, 0.15) is 32.4 Å². The molecule has 20 heavy (non-hydrogen) atoms. The van der Waals surface area contributed by atoms with Crippen molar-refractivity contribution in [1.82, 2.24) is 15.2 Å². The van der Waals surface area contributed by atoms with Crippen molar-refractivity contribution in [1.29, 1.82) is 0 Å². The number of aromatic nitrogens is 1. The van der Waals surface area contributed by atoms with Gasteiger partial charge in [-0.15, -0.1) is 11.3 Å². The van der Waals surface area contributed by atoms with E-state index in [-0.39, 0.29) is 5.91 Å². The fourth-order valence-corrected chi connectivity index (χ4v) is 2.82. The molecule has 114 valence electrons. The Labute approximate surface area is 126 Å². The summed E-state index contributed by atoms with van der Waals surface area (Å²) in [6.45, 7) is 7.12. The zero-order valence-corrected chi connectivity index (χ0v) is 13.8. The molecule has 0 aliphatic rings. The molecule has 1 aromatic rings. The first-order valence-electron chi connectivity index (χ1n) is 7.12. The molecule has 0 unspecified atom stereocenters. The largest absolute Gasteiger partial charge is 0.311 e. The minimum atomic E-state index is 0.0463. The number of rotatable bonds is 9. The van der Waals surface area contributed by atoms with Crippen molar-refractivity contribution in [3.05, 3.63) is 11.1 Å². The molecule has 0 saturated heterocycles. The van der Waals surface area contributed by atoms with Gasteiger partial charge >= 0.3 is 0 Å². The first-order chi connectivity index (χ1) is 9.54. The van der Waals surface area contributed by atoms with Gasteiger partial charge < -0.3 is 10.2 Å². The van der Waals surface area contributed by atoms with Crippen molar-refractivity contribution in [3.8, 4) is 0 Å². The van der Waals surface area contributed by atoms with Gasteiger partial charge in [0.05, 0.1) is 5.69 Å². The molecule has 1 N–H and O–H groups in total. The molecule has 0 saturated carbocycles. The highest BCUT2D eigenvalue weighted by atomic mass is 32.1. The van der Waals surface area contributed by atoms with Crippen LogP contribution in [0.25, 0.3) is 0 Å². The maximum absolute atomic E-state index is 11.4. The summed E-state index contributed by atoms with van der Waals surface area (Å²) in [4.78, 5) is 19.8. The van der Waals surface area contributed by atoms with Crippen LogP contribution >= 0.6 is 11.3 Å². The summed E-state index contributed by atoms with van der Waals surface area (Å²) < 4.78 is 0. The Morgan fingerprint density at radius 3 is 2.75 bits per heavy atom. The molecule has 6 heteroatoms. The molecular formula is C14H26N4OS. The van der Waals surface area contributed by atoms with Gasteiger partial charge in [0.1, 0.15) is 0 Å². The van der Waals surface area contributed by atoms with E-state index in [4.69, 9.17) is 0 Å². The maximum Gasteiger partial charge on any atom is 0.225 e. The number of carbonyl (C=O) groups excluding carboxylic acids is 1. The molecule has 0 aromatic carbocycles. The Morgan fingerprint density at radius 1 is 1.40 bits per heavy atom. The Morgan fingerprint density at radius 2 is 2.15 bits per heavy atom. The van der Waals surface area contributed by atoms with Crippen molar-refractivity contribution < 1.29 is 4.79 Å². The number of hydrogen-bond donors (Lipinski definition) is 1. The number of nitrogens with one attached hydrogen (secondary N) is 1. The SMILES string of the molecule is CCN(C(C)=O)c1nc(CNCCCCN(C)C)cs1. The zero-order valence-electron chi connectivity index (χ0n) is 13.0. The van der Waals surface area contributed by atoms with Crippen molar-refractivity contribution in [2.75, 3.05) is 38.6 Å². The Balaban J connectivity index is 2.28. The van der Waals surface area contributed by atoms with Gasteiger partial charge in [-0.05, 0) is 47.0 Å². The molecule has 0 spiro atoms. The van der Waals surface area contributed by atoms with Gasteiger partial charge in [0.2, 0.25) is 5.91 Å². The molecule has 0 radical (unpaired) electrons.